The maximum atomic E-state index is 12.9. The number of nitrogens with one attached hydrogen (secondary N) is 2. The van der Waals surface area contributed by atoms with Crippen molar-refractivity contribution in [2.45, 2.75) is 33.1 Å². The molecule has 2 amide bonds. The first kappa shape index (κ1) is 23.4. The maximum absolute atomic E-state index is 12.9. The van der Waals surface area contributed by atoms with Gasteiger partial charge in [0.2, 0.25) is 0 Å². The Labute approximate surface area is 188 Å². The second-order valence-electron chi connectivity index (χ2n) is 7.74. The quantitative estimate of drug-likeness (QED) is 0.401. The monoisotopic (exact) mass is 453 g/mol. The highest BCUT2D eigenvalue weighted by Crippen LogP contribution is 2.25. The van der Waals surface area contributed by atoms with Gasteiger partial charge in [0.15, 0.2) is 9.84 Å². The minimum atomic E-state index is -3.52. The van der Waals surface area contributed by atoms with Crippen LogP contribution in [0.5, 0.6) is 0 Å². The summed E-state index contributed by atoms with van der Waals surface area (Å²) in [7, 11) is -3.52. The summed E-state index contributed by atoms with van der Waals surface area (Å²) in [5, 5.41) is 0.627. The van der Waals surface area contributed by atoms with Crippen LogP contribution in [0, 0.1) is 6.92 Å². The lowest BCUT2D eigenvalue weighted by molar-refractivity contribution is -0.119. The third kappa shape index (κ3) is 6.13. The third-order valence-electron chi connectivity index (χ3n) is 5.03. The number of aryl methyl sites for hydroxylation is 1. The molecule has 0 fully saturated rings. The zero-order valence-electron chi connectivity index (χ0n) is 18.2. The predicted molar refractivity (Wildman–Crippen MR) is 126 cm³/mol. The molecular formula is C24H27N3O4S. The topological polar surface area (TPSA) is 105 Å². The molecule has 8 heteroatoms. The number of benzene rings is 2. The van der Waals surface area contributed by atoms with Gasteiger partial charge in [-0.25, -0.2) is 13.4 Å². The number of unbranched alkanes of at least 4 members (excludes halogenated alkanes) is 2. The number of amides is 2. The summed E-state index contributed by atoms with van der Waals surface area (Å²) in [6.45, 7) is 3.96. The van der Waals surface area contributed by atoms with Gasteiger partial charge in [0, 0.05) is 10.9 Å². The van der Waals surface area contributed by atoms with E-state index in [1.165, 1.54) is 0 Å². The van der Waals surface area contributed by atoms with Gasteiger partial charge in [-0.15, -0.1) is 0 Å². The smallest absolute Gasteiger partial charge is 0.270 e. The van der Waals surface area contributed by atoms with Crippen molar-refractivity contribution in [2.24, 2.45) is 0 Å². The van der Waals surface area contributed by atoms with Crippen LogP contribution < -0.4 is 10.9 Å². The molecule has 2 aromatic carbocycles. The van der Waals surface area contributed by atoms with Gasteiger partial charge in [-0.05, 0) is 25.5 Å². The number of hydrogen-bond acceptors (Lipinski definition) is 5. The number of carbonyl (C=O) groups excluding carboxylic acids is 2. The average molecular weight is 454 g/mol. The van der Waals surface area contributed by atoms with Gasteiger partial charge in [-0.2, -0.15) is 0 Å². The second kappa shape index (κ2) is 10.4. The highest BCUT2D eigenvalue weighted by atomic mass is 32.2. The molecular weight excluding hydrogens is 426 g/mol. The number of pyridine rings is 1. The van der Waals surface area contributed by atoms with Gasteiger partial charge in [-0.3, -0.25) is 20.4 Å². The Bertz CT molecular complexity index is 1220. The molecule has 0 saturated carbocycles. The van der Waals surface area contributed by atoms with Crippen LogP contribution >= 0.6 is 0 Å². The first-order valence-corrected chi connectivity index (χ1v) is 12.4. The summed E-state index contributed by atoms with van der Waals surface area (Å²) in [4.78, 5) is 29.6. The number of hydrazine groups is 1. The third-order valence-corrected chi connectivity index (χ3v) is 6.65. The fourth-order valence-electron chi connectivity index (χ4n) is 3.31. The molecule has 0 radical (unpaired) electrons. The van der Waals surface area contributed by atoms with E-state index in [1.54, 1.807) is 18.2 Å². The number of para-hydroxylation sites is 1. The van der Waals surface area contributed by atoms with Gasteiger partial charge in [0.05, 0.1) is 22.5 Å². The van der Waals surface area contributed by atoms with Crippen LogP contribution in [0.25, 0.3) is 22.2 Å². The van der Waals surface area contributed by atoms with E-state index < -0.39 is 27.4 Å². The van der Waals surface area contributed by atoms with Gasteiger partial charge in [-0.1, -0.05) is 67.8 Å². The highest BCUT2D eigenvalue weighted by molar-refractivity contribution is 7.92. The van der Waals surface area contributed by atoms with Crippen LogP contribution in [0.4, 0.5) is 0 Å². The van der Waals surface area contributed by atoms with E-state index in [1.807, 2.05) is 50.2 Å². The largest absolute Gasteiger partial charge is 0.272 e. The van der Waals surface area contributed by atoms with Crippen LogP contribution in [-0.2, 0) is 14.6 Å². The Morgan fingerprint density at radius 2 is 1.69 bits per heavy atom. The molecule has 0 atom stereocenters. The Kier molecular flexibility index (Phi) is 7.58. The normalized spacial score (nSPS) is 11.3. The molecule has 3 aromatic rings. The Morgan fingerprint density at radius 1 is 0.969 bits per heavy atom. The summed E-state index contributed by atoms with van der Waals surface area (Å²) in [6.07, 6.45) is 2.20. The lowest BCUT2D eigenvalue weighted by atomic mass is 10.0. The number of carbonyl (C=O) groups is 2. The molecule has 3 rings (SSSR count). The Morgan fingerprint density at radius 3 is 2.41 bits per heavy atom. The molecule has 0 unspecified atom stereocenters. The highest BCUT2D eigenvalue weighted by Gasteiger charge is 2.18. The molecule has 7 nitrogen and oxygen atoms in total. The zero-order valence-corrected chi connectivity index (χ0v) is 19.0. The molecule has 0 aliphatic heterocycles. The zero-order chi connectivity index (χ0) is 23.1. The summed E-state index contributed by atoms with van der Waals surface area (Å²) in [6, 6.07) is 16.7. The van der Waals surface area contributed by atoms with E-state index >= 15 is 0 Å². The predicted octanol–water partition coefficient (Wildman–Crippen LogP) is 3.58. The Hall–Kier alpha value is -3.26. The van der Waals surface area contributed by atoms with Crippen molar-refractivity contribution < 1.29 is 18.0 Å². The van der Waals surface area contributed by atoms with E-state index in [2.05, 4.69) is 15.8 Å². The lowest BCUT2D eigenvalue weighted by Crippen LogP contribution is -2.44. The van der Waals surface area contributed by atoms with Crippen molar-refractivity contribution in [2.75, 3.05) is 11.5 Å². The number of aromatic nitrogens is 1. The van der Waals surface area contributed by atoms with Crippen molar-refractivity contribution in [3.8, 4) is 11.3 Å². The van der Waals surface area contributed by atoms with Crippen LogP contribution in [0.2, 0.25) is 0 Å². The van der Waals surface area contributed by atoms with E-state index in [-0.39, 0.29) is 5.75 Å². The van der Waals surface area contributed by atoms with Gasteiger partial charge >= 0.3 is 0 Å². The molecule has 0 bridgehead atoms. The summed E-state index contributed by atoms with van der Waals surface area (Å²) >= 11 is 0. The van der Waals surface area contributed by atoms with E-state index in [4.69, 9.17) is 0 Å². The van der Waals surface area contributed by atoms with E-state index in [0.29, 0.717) is 28.6 Å². The number of nitrogens with zero attached hydrogens (tertiary/aromatic N) is 1. The van der Waals surface area contributed by atoms with E-state index in [9.17, 15) is 18.0 Å². The van der Waals surface area contributed by atoms with Crippen molar-refractivity contribution in [3.63, 3.8) is 0 Å². The second-order valence-corrected chi connectivity index (χ2v) is 9.92. The molecule has 0 aliphatic rings. The standard InChI is InChI=1S/C24H27N3O4S/c1-3-4-7-14-32(30,31)16-23(28)26-27-24(29)20-15-22(18-12-10-17(2)11-13-18)25-21-9-6-5-8-19(20)21/h5-6,8-13,15H,3-4,7,14,16H2,1-2H3,(H,26,28)(H,27,29). The van der Waals surface area contributed by atoms with Crippen molar-refractivity contribution in [1.29, 1.82) is 0 Å². The minimum absolute atomic E-state index is 0.0445. The first-order chi connectivity index (χ1) is 15.3. The molecule has 0 aliphatic carbocycles. The average Bonchev–Trinajstić information content (AvgIpc) is 2.77. The van der Waals surface area contributed by atoms with Crippen molar-refractivity contribution in [1.82, 2.24) is 15.8 Å². The fraction of sp³-hybridized carbons (Fsp3) is 0.292. The molecule has 32 heavy (non-hydrogen) atoms. The fourth-order valence-corrected chi connectivity index (χ4v) is 4.57. The molecule has 1 aromatic heterocycles. The van der Waals surface area contributed by atoms with Gasteiger partial charge < -0.3 is 0 Å². The molecule has 2 N–H and O–H groups in total. The van der Waals surface area contributed by atoms with Crippen molar-refractivity contribution >= 4 is 32.6 Å². The number of hydrogen-bond donors (Lipinski definition) is 2. The summed E-state index contributed by atoms with van der Waals surface area (Å²) < 4.78 is 24.1. The molecule has 0 spiro atoms. The van der Waals surface area contributed by atoms with E-state index in [0.717, 1.165) is 24.0 Å². The number of rotatable bonds is 8. The van der Waals surface area contributed by atoms with Crippen LogP contribution in [0.15, 0.2) is 54.6 Å². The minimum Gasteiger partial charge on any atom is -0.272 e. The lowest BCUT2D eigenvalue weighted by Gasteiger charge is -2.12. The molecule has 168 valence electrons. The number of fused-ring (bicyclic) bond motifs is 1. The van der Waals surface area contributed by atoms with Crippen LogP contribution in [-0.4, -0.2) is 36.7 Å². The molecule has 0 saturated heterocycles. The van der Waals surface area contributed by atoms with Crippen molar-refractivity contribution in [3.05, 3.63) is 65.7 Å². The number of sulfone groups is 1. The van der Waals surface area contributed by atoms with Gasteiger partial charge in [0.1, 0.15) is 5.75 Å². The van der Waals surface area contributed by atoms with Crippen LogP contribution in [0.3, 0.4) is 0 Å². The Balaban J connectivity index is 1.77. The first-order valence-electron chi connectivity index (χ1n) is 10.6. The van der Waals surface area contributed by atoms with Crippen LogP contribution in [0.1, 0.15) is 42.1 Å². The maximum Gasteiger partial charge on any atom is 0.270 e. The van der Waals surface area contributed by atoms with Gasteiger partial charge in [0.25, 0.3) is 11.8 Å². The summed E-state index contributed by atoms with van der Waals surface area (Å²) in [5.74, 6) is -2.03. The molecule has 1 heterocycles. The SMILES string of the molecule is CCCCCS(=O)(=O)CC(=O)NNC(=O)c1cc(-c2ccc(C)cc2)nc2ccccc12. The summed E-state index contributed by atoms with van der Waals surface area (Å²) in [5.41, 5.74) is 8.12.